The van der Waals surface area contributed by atoms with Gasteiger partial charge in [-0.25, -0.2) is 0 Å². The van der Waals surface area contributed by atoms with Crippen molar-refractivity contribution in [2.75, 3.05) is 0 Å². The quantitative estimate of drug-likeness (QED) is 0.777. The largest absolute Gasteiger partial charge is 0.298 e. The highest BCUT2D eigenvalue weighted by Gasteiger charge is 2.10. The molecule has 17 heavy (non-hydrogen) atoms. The molecule has 3 nitrogen and oxygen atoms in total. The maximum absolute atomic E-state index is 11.0. The lowest BCUT2D eigenvalue weighted by Gasteiger charge is -2.08. The zero-order valence-corrected chi connectivity index (χ0v) is 10.3. The number of aromatic nitrogens is 2. The van der Waals surface area contributed by atoms with Crippen molar-refractivity contribution in [1.82, 2.24) is 9.78 Å². The van der Waals surface area contributed by atoms with Crippen LogP contribution in [0.2, 0.25) is 5.02 Å². The monoisotopic (exact) mass is 248 g/mol. The van der Waals surface area contributed by atoms with Crippen LogP contribution in [0.25, 0.3) is 11.3 Å². The maximum Gasteiger partial charge on any atom is 0.150 e. The highest BCUT2D eigenvalue weighted by atomic mass is 35.5. The Labute approximate surface area is 105 Å². The lowest BCUT2D eigenvalue weighted by Crippen LogP contribution is -2.02. The van der Waals surface area contributed by atoms with E-state index in [0.717, 1.165) is 30.5 Å². The van der Waals surface area contributed by atoms with Crippen molar-refractivity contribution in [2.24, 2.45) is 0 Å². The second-order valence-electron chi connectivity index (χ2n) is 3.79. The number of hydrogen-bond donors (Lipinski definition) is 0. The van der Waals surface area contributed by atoms with Gasteiger partial charge < -0.3 is 0 Å². The average molecular weight is 249 g/mol. The summed E-state index contributed by atoms with van der Waals surface area (Å²) in [7, 11) is 0. The molecule has 0 amide bonds. The summed E-state index contributed by atoms with van der Waals surface area (Å²) in [5.74, 6) is 0. The maximum atomic E-state index is 11.0. The van der Waals surface area contributed by atoms with Crippen LogP contribution in [0.5, 0.6) is 0 Å². The lowest BCUT2D eigenvalue weighted by molar-refractivity contribution is 0.112. The normalized spacial score (nSPS) is 10.5. The summed E-state index contributed by atoms with van der Waals surface area (Å²) in [6.45, 7) is 2.91. The molecule has 0 saturated heterocycles. The second-order valence-corrected chi connectivity index (χ2v) is 4.23. The van der Waals surface area contributed by atoms with Crippen LogP contribution in [-0.2, 0) is 6.54 Å². The van der Waals surface area contributed by atoms with Crippen molar-refractivity contribution in [2.45, 2.75) is 19.9 Å². The molecular formula is C13H13ClN2O. The SMILES string of the molecule is CCCn1nccc1-c1cc(Cl)ccc1C=O. The van der Waals surface area contributed by atoms with Crippen molar-refractivity contribution in [3.05, 3.63) is 41.0 Å². The predicted molar refractivity (Wildman–Crippen MR) is 68.4 cm³/mol. The van der Waals surface area contributed by atoms with Gasteiger partial charge in [0, 0.05) is 28.9 Å². The molecule has 1 aromatic carbocycles. The Bertz CT molecular complexity index is 534. The average Bonchev–Trinajstić information content (AvgIpc) is 2.77. The fourth-order valence-electron chi connectivity index (χ4n) is 1.80. The van der Waals surface area contributed by atoms with Gasteiger partial charge in [-0.15, -0.1) is 0 Å². The summed E-state index contributed by atoms with van der Waals surface area (Å²) in [5.41, 5.74) is 2.39. The Morgan fingerprint density at radius 2 is 2.24 bits per heavy atom. The third kappa shape index (κ3) is 2.39. The second kappa shape index (κ2) is 5.15. The molecule has 4 heteroatoms. The first-order chi connectivity index (χ1) is 8.26. The van der Waals surface area contributed by atoms with Gasteiger partial charge >= 0.3 is 0 Å². The van der Waals surface area contributed by atoms with Gasteiger partial charge in [-0.3, -0.25) is 9.48 Å². The van der Waals surface area contributed by atoms with Crippen molar-refractivity contribution in [3.63, 3.8) is 0 Å². The molecule has 0 aliphatic carbocycles. The number of carbonyl (C=O) groups is 1. The lowest BCUT2D eigenvalue weighted by atomic mass is 10.1. The van der Waals surface area contributed by atoms with E-state index in [-0.39, 0.29) is 0 Å². The smallest absolute Gasteiger partial charge is 0.150 e. The molecule has 2 aromatic rings. The summed E-state index contributed by atoms with van der Waals surface area (Å²) in [6, 6.07) is 7.14. The van der Waals surface area contributed by atoms with E-state index in [2.05, 4.69) is 12.0 Å². The molecule has 2 rings (SSSR count). The fraction of sp³-hybridized carbons (Fsp3) is 0.231. The summed E-state index contributed by atoms with van der Waals surface area (Å²) in [4.78, 5) is 11.0. The number of benzene rings is 1. The van der Waals surface area contributed by atoms with Crippen molar-refractivity contribution >= 4 is 17.9 Å². The topological polar surface area (TPSA) is 34.9 Å². The molecule has 0 aliphatic heterocycles. The van der Waals surface area contributed by atoms with E-state index in [1.54, 1.807) is 24.4 Å². The fourth-order valence-corrected chi connectivity index (χ4v) is 1.98. The number of aldehydes is 1. The molecule has 0 N–H and O–H groups in total. The first-order valence-electron chi connectivity index (χ1n) is 5.53. The molecule has 1 aromatic heterocycles. The van der Waals surface area contributed by atoms with Crippen LogP contribution in [-0.4, -0.2) is 16.1 Å². The van der Waals surface area contributed by atoms with Crippen LogP contribution in [0.4, 0.5) is 0 Å². The van der Waals surface area contributed by atoms with Gasteiger partial charge in [0.15, 0.2) is 6.29 Å². The van der Waals surface area contributed by atoms with Gasteiger partial charge in [0.2, 0.25) is 0 Å². The first-order valence-corrected chi connectivity index (χ1v) is 5.91. The number of carbonyl (C=O) groups excluding carboxylic acids is 1. The van der Waals surface area contributed by atoms with E-state index < -0.39 is 0 Å². The van der Waals surface area contributed by atoms with Crippen LogP contribution in [0.15, 0.2) is 30.5 Å². The Balaban J connectivity index is 2.54. The number of rotatable bonds is 4. The van der Waals surface area contributed by atoms with Crippen molar-refractivity contribution in [1.29, 1.82) is 0 Å². The highest BCUT2D eigenvalue weighted by molar-refractivity contribution is 6.31. The summed E-state index contributed by atoms with van der Waals surface area (Å²) in [6.07, 6.45) is 3.57. The van der Waals surface area contributed by atoms with Gasteiger partial charge in [-0.1, -0.05) is 18.5 Å². The van der Waals surface area contributed by atoms with Gasteiger partial charge in [-0.2, -0.15) is 5.10 Å². The predicted octanol–water partition coefficient (Wildman–Crippen LogP) is 3.43. The number of halogens is 1. The molecule has 0 spiro atoms. The third-order valence-electron chi connectivity index (χ3n) is 2.57. The van der Waals surface area contributed by atoms with Gasteiger partial charge in [0.05, 0.1) is 5.69 Å². The van der Waals surface area contributed by atoms with E-state index in [1.165, 1.54) is 0 Å². The van der Waals surface area contributed by atoms with E-state index in [9.17, 15) is 4.79 Å². The molecule has 1 heterocycles. The molecule has 0 fully saturated rings. The Morgan fingerprint density at radius 1 is 1.41 bits per heavy atom. The molecular weight excluding hydrogens is 236 g/mol. The minimum Gasteiger partial charge on any atom is -0.298 e. The molecule has 0 saturated carbocycles. The molecule has 0 atom stereocenters. The van der Waals surface area contributed by atoms with E-state index in [4.69, 9.17) is 11.6 Å². The summed E-state index contributed by atoms with van der Waals surface area (Å²) in [5, 5.41) is 4.87. The number of nitrogens with zero attached hydrogens (tertiary/aromatic N) is 2. The number of aryl methyl sites for hydroxylation is 1. The minimum atomic E-state index is 0.620. The Kier molecular flexibility index (Phi) is 3.59. The summed E-state index contributed by atoms with van der Waals surface area (Å²) < 4.78 is 1.89. The number of hydrogen-bond acceptors (Lipinski definition) is 2. The van der Waals surface area contributed by atoms with Crippen LogP contribution < -0.4 is 0 Å². The van der Waals surface area contributed by atoms with Gasteiger partial charge in [0.25, 0.3) is 0 Å². The molecule has 0 aliphatic rings. The standard InChI is InChI=1S/C13H13ClN2O/c1-2-7-16-13(5-6-15-16)12-8-11(14)4-3-10(12)9-17/h3-6,8-9H,2,7H2,1H3. The van der Waals surface area contributed by atoms with Crippen LogP contribution in [0.1, 0.15) is 23.7 Å². The van der Waals surface area contributed by atoms with E-state index >= 15 is 0 Å². The zero-order valence-electron chi connectivity index (χ0n) is 9.56. The first kappa shape index (κ1) is 11.9. The van der Waals surface area contributed by atoms with E-state index in [0.29, 0.717) is 10.6 Å². The van der Waals surface area contributed by atoms with Gasteiger partial charge in [0.1, 0.15) is 0 Å². The third-order valence-corrected chi connectivity index (χ3v) is 2.81. The van der Waals surface area contributed by atoms with Crippen molar-refractivity contribution < 1.29 is 4.79 Å². The molecule has 0 radical (unpaired) electrons. The van der Waals surface area contributed by atoms with E-state index in [1.807, 2.05) is 10.7 Å². The van der Waals surface area contributed by atoms with Crippen LogP contribution in [0, 0.1) is 0 Å². The Hall–Kier alpha value is -1.61. The Morgan fingerprint density at radius 3 is 2.94 bits per heavy atom. The highest BCUT2D eigenvalue weighted by Crippen LogP contribution is 2.26. The van der Waals surface area contributed by atoms with Gasteiger partial charge in [-0.05, 0) is 30.7 Å². The molecule has 0 bridgehead atoms. The molecule has 0 unspecified atom stereocenters. The minimum absolute atomic E-state index is 0.620. The molecule has 88 valence electrons. The zero-order chi connectivity index (χ0) is 12.3. The van der Waals surface area contributed by atoms with Crippen molar-refractivity contribution in [3.8, 4) is 11.3 Å². The van der Waals surface area contributed by atoms with Crippen LogP contribution in [0.3, 0.4) is 0 Å². The van der Waals surface area contributed by atoms with Crippen LogP contribution >= 0.6 is 11.6 Å². The summed E-state index contributed by atoms with van der Waals surface area (Å²) >= 11 is 5.97.